The number of hydrogen-bond acceptors (Lipinski definition) is 3. The Bertz CT molecular complexity index is 441. The van der Waals surface area contributed by atoms with Gasteiger partial charge in [0.2, 0.25) is 10.0 Å². The summed E-state index contributed by atoms with van der Waals surface area (Å²) in [5, 5.41) is 0. The zero-order valence-corrected chi connectivity index (χ0v) is 10.4. The van der Waals surface area contributed by atoms with E-state index < -0.39 is 10.0 Å². The molecule has 0 aromatic heterocycles. The molecule has 0 amide bonds. The number of rotatable bonds is 5. The van der Waals surface area contributed by atoms with Gasteiger partial charge in [-0.2, -0.15) is 0 Å². The van der Waals surface area contributed by atoms with Gasteiger partial charge in [-0.3, -0.25) is 0 Å². The fourth-order valence-corrected chi connectivity index (χ4v) is 2.47. The Labute approximate surface area is 96.9 Å². The van der Waals surface area contributed by atoms with Gasteiger partial charge in [0, 0.05) is 12.6 Å². The maximum absolute atomic E-state index is 11.8. The van der Waals surface area contributed by atoms with Gasteiger partial charge < -0.3 is 5.73 Å². The number of nitrogens with two attached hydrogens (primary N) is 1. The van der Waals surface area contributed by atoms with E-state index in [0.29, 0.717) is 6.54 Å². The molecule has 0 saturated heterocycles. The Balaban J connectivity index is 2.99. The molecule has 16 heavy (non-hydrogen) atoms. The molecule has 0 aliphatic rings. The summed E-state index contributed by atoms with van der Waals surface area (Å²) in [6.07, 6.45) is 0.770. The minimum Gasteiger partial charge on any atom is -0.324 e. The summed E-state index contributed by atoms with van der Waals surface area (Å²) in [4.78, 5) is 0.274. The van der Waals surface area contributed by atoms with Crippen molar-refractivity contribution in [2.45, 2.75) is 31.2 Å². The zero-order chi connectivity index (χ0) is 12.2. The van der Waals surface area contributed by atoms with Gasteiger partial charge in [0.05, 0.1) is 4.90 Å². The van der Waals surface area contributed by atoms with Crippen LogP contribution in [0.25, 0.3) is 0 Å². The molecule has 0 fully saturated rings. The third kappa shape index (κ3) is 3.30. The van der Waals surface area contributed by atoms with Gasteiger partial charge in [-0.25, -0.2) is 13.1 Å². The highest BCUT2D eigenvalue weighted by Gasteiger charge is 2.13. The van der Waals surface area contributed by atoms with Crippen molar-refractivity contribution < 1.29 is 8.42 Å². The highest BCUT2D eigenvalue weighted by atomic mass is 32.2. The van der Waals surface area contributed by atoms with Crippen LogP contribution < -0.4 is 10.5 Å². The van der Waals surface area contributed by atoms with Crippen LogP contribution in [0.3, 0.4) is 0 Å². The summed E-state index contributed by atoms with van der Waals surface area (Å²) < 4.78 is 26.2. The fraction of sp³-hybridized carbons (Fsp3) is 0.455. The minimum atomic E-state index is -3.38. The molecule has 1 atom stereocenters. The van der Waals surface area contributed by atoms with Gasteiger partial charge in [-0.15, -0.1) is 0 Å². The summed E-state index contributed by atoms with van der Waals surface area (Å²) in [7, 11) is -3.38. The van der Waals surface area contributed by atoms with Crippen LogP contribution in [0.15, 0.2) is 29.2 Å². The molecule has 90 valence electrons. The van der Waals surface area contributed by atoms with Crippen molar-refractivity contribution >= 4 is 10.0 Å². The van der Waals surface area contributed by atoms with Crippen molar-refractivity contribution in [1.82, 2.24) is 4.72 Å². The maximum Gasteiger partial charge on any atom is 0.240 e. The highest BCUT2D eigenvalue weighted by Crippen LogP contribution is 2.15. The normalized spacial score (nSPS) is 13.7. The molecule has 0 aliphatic carbocycles. The first kappa shape index (κ1) is 13.2. The van der Waals surface area contributed by atoms with Crippen LogP contribution in [0.5, 0.6) is 0 Å². The van der Waals surface area contributed by atoms with Crippen LogP contribution in [0.1, 0.15) is 31.9 Å². The van der Waals surface area contributed by atoms with Crippen LogP contribution in [0, 0.1) is 0 Å². The summed E-state index contributed by atoms with van der Waals surface area (Å²) in [6.45, 7) is 4.19. The van der Waals surface area contributed by atoms with Gasteiger partial charge in [-0.1, -0.05) is 19.1 Å². The topological polar surface area (TPSA) is 72.2 Å². The van der Waals surface area contributed by atoms with E-state index in [1.54, 1.807) is 18.2 Å². The van der Waals surface area contributed by atoms with Crippen molar-refractivity contribution in [2.24, 2.45) is 5.73 Å². The van der Waals surface area contributed by atoms with Crippen LogP contribution in [-0.2, 0) is 10.0 Å². The highest BCUT2D eigenvalue weighted by molar-refractivity contribution is 7.89. The standard InChI is InChI=1S/C11H18N2O2S/c1-3-7-13-16(14,15)11-6-4-5-10(8-11)9(2)12/h4-6,8-9,13H,3,7,12H2,1-2H3. The smallest absolute Gasteiger partial charge is 0.240 e. The average molecular weight is 242 g/mol. The first-order valence-electron chi connectivity index (χ1n) is 5.32. The van der Waals surface area contributed by atoms with Crippen LogP contribution in [0.4, 0.5) is 0 Å². The third-order valence-electron chi connectivity index (χ3n) is 2.24. The average Bonchev–Trinajstić information content (AvgIpc) is 2.26. The lowest BCUT2D eigenvalue weighted by Crippen LogP contribution is -2.24. The molecule has 0 aliphatic heterocycles. The lowest BCUT2D eigenvalue weighted by molar-refractivity contribution is 0.580. The van der Waals surface area contributed by atoms with Crippen molar-refractivity contribution in [3.8, 4) is 0 Å². The Kier molecular flexibility index (Phi) is 4.46. The SMILES string of the molecule is CCCNS(=O)(=O)c1cccc(C(C)N)c1. The van der Waals surface area contributed by atoms with Crippen LogP contribution >= 0.6 is 0 Å². The molecule has 1 rings (SSSR count). The van der Waals surface area contributed by atoms with E-state index in [9.17, 15) is 8.42 Å². The summed E-state index contributed by atoms with van der Waals surface area (Å²) in [5.74, 6) is 0. The van der Waals surface area contributed by atoms with Crippen LogP contribution in [-0.4, -0.2) is 15.0 Å². The predicted octanol–water partition coefficient (Wildman–Crippen LogP) is 1.39. The quantitative estimate of drug-likeness (QED) is 0.819. The lowest BCUT2D eigenvalue weighted by atomic mass is 10.1. The monoisotopic (exact) mass is 242 g/mol. The molecule has 3 N–H and O–H groups in total. The number of sulfonamides is 1. The maximum atomic E-state index is 11.8. The second-order valence-corrected chi connectivity index (χ2v) is 5.53. The molecule has 5 heteroatoms. The van der Waals surface area contributed by atoms with E-state index in [-0.39, 0.29) is 10.9 Å². The second kappa shape index (κ2) is 5.43. The van der Waals surface area contributed by atoms with Crippen LogP contribution in [0.2, 0.25) is 0 Å². The lowest BCUT2D eigenvalue weighted by Gasteiger charge is -2.09. The molecular formula is C11H18N2O2S. The van der Waals surface area contributed by atoms with Gasteiger partial charge >= 0.3 is 0 Å². The molecule has 0 heterocycles. The van der Waals surface area contributed by atoms with E-state index >= 15 is 0 Å². The minimum absolute atomic E-state index is 0.165. The van der Waals surface area contributed by atoms with Crippen molar-refractivity contribution in [1.29, 1.82) is 0 Å². The molecule has 0 saturated carbocycles. The van der Waals surface area contributed by atoms with E-state index in [1.165, 1.54) is 0 Å². The Morgan fingerprint density at radius 3 is 2.69 bits per heavy atom. The fourth-order valence-electron chi connectivity index (χ4n) is 1.28. The van der Waals surface area contributed by atoms with Crippen molar-refractivity contribution in [2.75, 3.05) is 6.54 Å². The Morgan fingerprint density at radius 1 is 1.44 bits per heavy atom. The first-order chi connectivity index (χ1) is 7.47. The largest absolute Gasteiger partial charge is 0.324 e. The Morgan fingerprint density at radius 2 is 2.12 bits per heavy atom. The summed E-state index contributed by atoms with van der Waals surface area (Å²) in [6, 6.07) is 6.55. The number of benzene rings is 1. The Hall–Kier alpha value is -0.910. The third-order valence-corrected chi connectivity index (χ3v) is 3.69. The molecule has 0 spiro atoms. The number of hydrogen-bond donors (Lipinski definition) is 2. The zero-order valence-electron chi connectivity index (χ0n) is 9.60. The van der Waals surface area contributed by atoms with Crippen molar-refractivity contribution in [3.63, 3.8) is 0 Å². The molecule has 1 unspecified atom stereocenters. The first-order valence-corrected chi connectivity index (χ1v) is 6.81. The summed E-state index contributed by atoms with van der Waals surface area (Å²) >= 11 is 0. The predicted molar refractivity (Wildman–Crippen MR) is 64.5 cm³/mol. The van der Waals surface area contributed by atoms with Gasteiger partial charge in [-0.05, 0) is 31.0 Å². The van der Waals surface area contributed by atoms with E-state index in [2.05, 4.69) is 4.72 Å². The molecule has 4 nitrogen and oxygen atoms in total. The molecule has 0 radical (unpaired) electrons. The summed E-state index contributed by atoms with van der Waals surface area (Å²) in [5.41, 5.74) is 6.53. The van der Waals surface area contributed by atoms with Gasteiger partial charge in [0.15, 0.2) is 0 Å². The van der Waals surface area contributed by atoms with E-state index in [0.717, 1.165) is 12.0 Å². The molecule has 1 aromatic rings. The molecule has 0 bridgehead atoms. The van der Waals surface area contributed by atoms with E-state index in [4.69, 9.17) is 5.73 Å². The van der Waals surface area contributed by atoms with Gasteiger partial charge in [0.1, 0.15) is 0 Å². The van der Waals surface area contributed by atoms with Crippen molar-refractivity contribution in [3.05, 3.63) is 29.8 Å². The van der Waals surface area contributed by atoms with E-state index in [1.807, 2.05) is 19.9 Å². The second-order valence-electron chi connectivity index (χ2n) is 3.76. The molecule has 1 aromatic carbocycles. The number of nitrogens with one attached hydrogen (secondary N) is 1. The van der Waals surface area contributed by atoms with Gasteiger partial charge in [0.25, 0.3) is 0 Å². The molecular weight excluding hydrogens is 224 g/mol.